The van der Waals surface area contributed by atoms with Crippen LogP contribution in [-0.2, 0) is 0 Å². The van der Waals surface area contributed by atoms with E-state index in [0.29, 0.717) is 23.3 Å². The van der Waals surface area contributed by atoms with Crippen LogP contribution in [0.3, 0.4) is 0 Å². The molecule has 106 valence electrons. The molecule has 0 spiro atoms. The first-order valence-electron chi connectivity index (χ1n) is 6.43. The lowest BCUT2D eigenvalue weighted by molar-refractivity contribution is 0.400. The molecule has 0 fully saturated rings. The minimum absolute atomic E-state index is 0.348. The number of nitrogens with one attached hydrogen (secondary N) is 2. The summed E-state index contributed by atoms with van der Waals surface area (Å²) in [4.78, 5) is 4.32. The number of hydrogen-bond acceptors (Lipinski definition) is 7. The normalized spacial score (nSPS) is 10.4. The Labute approximate surface area is 121 Å². The van der Waals surface area contributed by atoms with E-state index in [-0.39, 0.29) is 0 Å². The van der Waals surface area contributed by atoms with E-state index in [0.717, 1.165) is 5.69 Å². The fourth-order valence-corrected chi connectivity index (χ4v) is 1.74. The second kappa shape index (κ2) is 5.58. The van der Waals surface area contributed by atoms with Crippen LogP contribution >= 0.6 is 0 Å². The smallest absolute Gasteiger partial charge is 0.250 e. The number of anilines is 4. The van der Waals surface area contributed by atoms with Crippen molar-refractivity contribution in [3.05, 3.63) is 47.9 Å². The van der Waals surface area contributed by atoms with E-state index in [1.807, 2.05) is 38.1 Å². The Morgan fingerprint density at radius 2 is 1.81 bits per heavy atom. The van der Waals surface area contributed by atoms with Gasteiger partial charge in [-0.25, -0.2) is 0 Å². The van der Waals surface area contributed by atoms with Gasteiger partial charge in [-0.1, -0.05) is 22.9 Å². The van der Waals surface area contributed by atoms with Crippen LogP contribution in [0.2, 0.25) is 0 Å². The van der Waals surface area contributed by atoms with Crippen molar-refractivity contribution in [3.8, 4) is 0 Å². The first kappa shape index (κ1) is 13.0. The van der Waals surface area contributed by atoms with E-state index in [9.17, 15) is 0 Å². The van der Waals surface area contributed by atoms with Crippen molar-refractivity contribution < 1.29 is 4.52 Å². The molecular weight excluding hydrogens is 268 g/mol. The fraction of sp³-hybridized carbons (Fsp3) is 0.143. The minimum Gasteiger partial charge on any atom is -0.360 e. The quantitative estimate of drug-likeness (QED) is 0.760. The van der Waals surface area contributed by atoms with Crippen molar-refractivity contribution in [2.24, 2.45) is 0 Å². The molecule has 7 heteroatoms. The maximum Gasteiger partial charge on any atom is 0.250 e. The van der Waals surface area contributed by atoms with Gasteiger partial charge in [-0.2, -0.15) is 10.1 Å². The van der Waals surface area contributed by atoms with Gasteiger partial charge in [0.2, 0.25) is 5.95 Å². The third-order valence-electron chi connectivity index (χ3n) is 2.75. The van der Waals surface area contributed by atoms with E-state index < -0.39 is 0 Å². The van der Waals surface area contributed by atoms with Crippen LogP contribution < -0.4 is 10.6 Å². The van der Waals surface area contributed by atoms with Crippen molar-refractivity contribution >= 4 is 23.3 Å². The van der Waals surface area contributed by atoms with Crippen LogP contribution in [0.1, 0.15) is 11.3 Å². The highest BCUT2D eigenvalue weighted by Crippen LogP contribution is 2.17. The Morgan fingerprint density at radius 1 is 1.00 bits per heavy atom. The molecule has 3 rings (SSSR count). The highest BCUT2D eigenvalue weighted by atomic mass is 16.5. The standard InChI is InChI=1S/C14H14N6O/c1-9-3-5-11(6-4-9)16-13-8-15-19-14(18-13)17-12-7-10(2)21-20-12/h3-8H,1-2H3,(H2,16,17,18,19,20). The van der Waals surface area contributed by atoms with E-state index in [2.05, 4.69) is 31.0 Å². The summed E-state index contributed by atoms with van der Waals surface area (Å²) in [6.45, 7) is 3.85. The molecule has 2 aromatic heterocycles. The van der Waals surface area contributed by atoms with Crippen molar-refractivity contribution in [1.82, 2.24) is 20.3 Å². The highest BCUT2D eigenvalue weighted by Gasteiger charge is 2.05. The van der Waals surface area contributed by atoms with Gasteiger partial charge in [0.25, 0.3) is 0 Å². The molecule has 0 bridgehead atoms. The predicted octanol–water partition coefficient (Wildman–Crippen LogP) is 2.96. The zero-order chi connectivity index (χ0) is 14.7. The number of nitrogens with zero attached hydrogens (tertiary/aromatic N) is 4. The molecule has 3 aromatic rings. The van der Waals surface area contributed by atoms with Crippen molar-refractivity contribution in [2.45, 2.75) is 13.8 Å². The molecule has 1 aromatic carbocycles. The Bertz CT molecular complexity index is 737. The van der Waals surface area contributed by atoms with Crippen molar-refractivity contribution in [3.63, 3.8) is 0 Å². The number of benzene rings is 1. The van der Waals surface area contributed by atoms with Crippen LogP contribution in [0.15, 0.2) is 41.1 Å². The molecule has 0 aliphatic heterocycles. The summed E-state index contributed by atoms with van der Waals surface area (Å²) >= 11 is 0. The van der Waals surface area contributed by atoms with Crippen LogP contribution in [0, 0.1) is 13.8 Å². The van der Waals surface area contributed by atoms with Gasteiger partial charge in [-0.15, -0.1) is 5.10 Å². The first-order chi connectivity index (χ1) is 10.2. The van der Waals surface area contributed by atoms with Crippen LogP contribution in [0.5, 0.6) is 0 Å². The monoisotopic (exact) mass is 282 g/mol. The minimum atomic E-state index is 0.348. The third-order valence-corrected chi connectivity index (χ3v) is 2.75. The van der Waals surface area contributed by atoms with Crippen LogP contribution in [0.25, 0.3) is 0 Å². The molecule has 0 unspecified atom stereocenters. The lowest BCUT2D eigenvalue weighted by Gasteiger charge is -2.06. The number of aryl methyl sites for hydroxylation is 2. The maximum absolute atomic E-state index is 4.97. The van der Waals surface area contributed by atoms with Crippen LogP contribution in [-0.4, -0.2) is 20.3 Å². The average molecular weight is 282 g/mol. The van der Waals surface area contributed by atoms with Gasteiger partial charge < -0.3 is 15.2 Å². The molecule has 7 nitrogen and oxygen atoms in total. The summed E-state index contributed by atoms with van der Waals surface area (Å²) in [6, 6.07) is 9.75. The zero-order valence-electron chi connectivity index (χ0n) is 11.7. The molecule has 2 N–H and O–H groups in total. The molecule has 21 heavy (non-hydrogen) atoms. The summed E-state index contributed by atoms with van der Waals surface area (Å²) < 4.78 is 4.97. The molecule has 2 heterocycles. The molecule has 0 radical (unpaired) electrons. The molecule has 0 saturated carbocycles. The Hall–Kier alpha value is -2.96. The third kappa shape index (κ3) is 3.33. The second-order valence-electron chi connectivity index (χ2n) is 4.60. The van der Waals surface area contributed by atoms with Crippen molar-refractivity contribution in [1.29, 1.82) is 0 Å². The highest BCUT2D eigenvalue weighted by molar-refractivity contribution is 5.57. The van der Waals surface area contributed by atoms with E-state index in [4.69, 9.17) is 4.52 Å². The van der Waals surface area contributed by atoms with E-state index in [1.54, 1.807) is 12.3 Å². The van der Waals surface area contributed by atoms with Gasteiger partial charge in [-0.05, 0) is 26.0 Å². The summed E-state index contributed by atoms with van der Waals surface area (Å²) in [7, 11) is 0. The number of rotatable bonds is 4. The topological polar surface area (TPSA) is 88.8 Å². The van der Waals surface area contributed by atoms with Gasteiger partial charge in [-0.3, -0.25) is 0 Å². The van der Waals surface area contributed by atoms with Gasteiger partial charge in [0.1, 0.15) is 5.76 Å². The molecule has 0 amide bonds. The van der Waals surface area contributed by atoms with Gasteiger partial charge in [0, 0.05) is 11.8 Å². The molecule has 0 atom stereocenters. The summed E-state index contributed by atoms with van der Waals surface area (Å²) in [5.41, 5.74) is 2.13. The predicted molar refractivity (Wildman–Crippen MR) is 78.8 cm³/mol. The molecule has 0 saturated heterocycles. The molecular formula is C14H14N6O. The Morgan fingerprint density at radius 3 is 2.52 bits per heavy atom. The maximum atomic E-state index is 4.97. The lowest BCUT2D eigenvalue weighted by Crippen LogP contribution is -2.02. The van der Waals surface area contributed by atoms with E-state index >= 15 is 0 Å². The van der Waals surface area contributed by atoms with Crippen LogP contribution in [0.4, 0.5) is 23.3 Å². The number of aromatic nitrogens is 4. The van der Waals surface area contributed by atoms with E-state index in [1.165, 1.54) is 5.56 Å². The van der Waals surface area contributed by atoms with Gasteiger partial charge >= 0.3 is 0 Å². The van der Waals surface area contributed by atoms with Gasteiger partial charge in [0.15, 0.2) is 11.6 Å². The van der Waals surface area contributed by atoms with Crippen molar-refractivity contribution in [2.75, 3.05) is 10.6 Å². The van der Waals surface area contributed by atoms with Gasteiger partial charge in [0.05, 0.1) is 6.20 Å². The first-order valence-corrected chi connectivity index (χ1v) is 6.43. The summed E-state index contributed by atoms with van der Waals surface area (Å²) in [5, 5.41) is 17.7. The summed E-state index contributed by atoms with van der Waals surface area (Å²) in [5.74, 6) is 2.19. The number of hydrogen-bond donors (Lipinski definition) is 2. The second-order valence-corrected chi connectivity index (χ2v) is 4.60. The average Bonchev–Trinajstić information content (AvgIpc) is 2.87. The lowest BCUT2D eigenvalue weighted by atomic mass is 10.2. The Kier molecular flexibility index (Phi) is 3.46. The largest absolute Gasteiger partial charge is 0.360 e. The Balaban J connectivity index is 1.75. The molecule has 0 aliphatic carbocycles. The molecule has 0 aliphatic rings. The zero-order valence-corrected chi connectivity index (χ0v) is 11.7. The summed E-state index contributed by atoms with van der Waals surface area (Å²) in [6.07, 6.45) is 1.55. The fourth-order valence-electron chi connectivity index (χ4n) is 1.74. The SMILES string of the molecule is Cc1ccc(Nc2cnnc(Nc3cc(C)on3)n2)cc1.